The first-order valence-corrected chi connectivity index (χ1v) is 9.23. The van der Waals surface area contributed by atoms with Crippen molar-refractivity contribution in [2.75, 3.05) is 26.3 Å². The van der Waals surface area contributed by atoms with Gasteiger partial charge in [0, 0.05) is 24.0 Å². The number of hydrogen-bond acceptors (Lipinski definition) is 4. The summed E-state index contributed by atoms with van der Waals surface area (Å²) in [6.07, 6.45) is 0. The first-order valence-electron chi connectivity index (χ1n) is 9.23. The molecule has 1 aliphatic heterocycles. The van der Waals surface area contributed by atoms with E-state index in [-0.39, 0.29) is 5.91 Å². The zero-order chi connectivity index (χ0) is 18.8. The molecule has 1 N–H and O–H groups in total. The van der Waals surface area contributed by atoms with E-state index in [4.69, 9.17) is 9.72 Å². The number of carbonyl (C=O) groups excluding carboxylic acids is 1. The summed E-state index contributed by atoms with van der Waals surface area (Å²) in [5.74, 6) is -0.111. The number of pyridine rings is 1. The van der Waals surface area contributed by atoms with Crippen LogP contribution in [0.4, 0.5) is 0 Å². The van der Waals surface area contributed by atoms with Gasteiger partial charge in [-0.25, -0.2) is 9.99 Å². The maximum atomic E-state index is 13.0. The number of nitrogens with one attached hydrogen (secondary N) is 1. The van der Waals surface area contributed by atoms with Crippen LogP contribution in [0.25, 0.3) is 22.2 Å². The predicted octanol–water partition coefficient (Wildman–Crippen LogP) is 3.50. The second-order valence-corrected chi connectivity index (χ2v) is 6.91. The van der Waals surface area contributed by atoms with E-state index < -0.39 is 0 Å². The summed E-state index contributed by atoms with van der Waals surface area (Å²) in [5, 5.41) is 2.77. The van der Waals surface area contributed by atoms with Crippen molar-refractivity contribution in [3.63, 3.8) is 0 Å². The van der Waals surface area contributed by atoms with E-state index in [2.05, 4.69) is 37.5 Å². The Morgan fingerprint density at radius 2 is 1.81 bits per heavy atom. The van der Waals surface area contributed by atoms with Gasteiger partial charge in [0.15, 0.2) is 0 Å². The van der Waals surface area contributed by atoms with Gasteiger partial charge in [-0.1, -0.05) is 30.3 Å². The molecule has 0 radical (unpaired) electrons. The Hall–Kier alpha value is -2.76. The van der Waals surface area contributed by atoms with Crippen molar-refractivity contribution in [2.45, 2.75) is 13.8 Å². The molecule has 27 heavy (non-hydrogen) atoms. The maximum absolute atomic E-state index is 13.0. The Kier molecular flexibility index (Phi) is 4.88. The average molecular weight is 361 g/mol. The van der Waals surface area contributed by atoms with Crippen LogP contribution >= 0.6 is 0 Å². The molecule has 0 saturated carbocycles. The molecule has 1 saturated heterocycles. The number of rotatable bonds is 3. The van der Waals surface area contributed by atoms with E-state index in [9.17, 15) is 4.79 Å². The highest BCUT2D eigenvalue weighted by Crippen LogP contribution is 2.26. The van der Waals surface area contributed by atoms with Crippen LogP contribution in [0.15, 0.2) is 48.5 Å². The van der Waals surface area contributed by atoms with Crippen molar-refractivity contribution in [2.24, 2.45) is 0 Å². The van der Waals surface area contributed by atoms with Crippen LogP contribution in [-0.2, 0) is 4.74 Å². The number of nitrogens with zero attached hydrogens (tertiary/aromatic N) is 2. The molecule has 138 valence electrons. The Labute approximate surface area is 158 Å². The second-order valence-electron chi connectivity index (χ2n) is 6.91. The minimum atomic E-state index is -0.111. The van der Waals surface area contributed by atoms with E-state index in [0.29, 0.717) is 31.9 Å². The van der Waals surface area contributed by atoms with Crippen LogP contribution in [0.2, 0.25) is 0 Å². The zero-order valence-corrected chi connectivity index (χ0v) is 15.7. The fourth-order valence-corrected chi connectivity index (χ4v) is 3.29. The Bertz CT molecular complexity index is 994. The van der Waals surface area contributed by atoms with Gasteiger partial charge in [-0.15, -0.1) is 0 Å². The number of hydrogen-bond donors (Lipinski definition) is 1. The van der Waals surface area contributed by atoms with E-state index in [1.54, 1.807) is 0 Å². The van der Waals surface area contributed by atoms with Crippen LogP contribution in [0, 0.1) is 13.8 Å². The number of amides is 1. The van der Waals surface area contributed by atoms with Crippen molar-refractivity contribution >= 4 is 16.8 Å². The number of para-hydroxylation sites is 1. The highest BCUT2D eigenvalue weighted by Gasteiger charge is 2.18. The Morgan fingerprint density at radius 1 is 1.04 bits per heavy atom. The van der Waals surface area contributed by atoms with Gasteiger partial charge < -0.3 is 4.74 Å². The number of hydrazine groups is 1. The summed E-state index contributed by atoms with van der Waals surface area (Å²) in [4.78, 5) is 17.8. The Balaban J connectivity index is 1.76. The first-order chi connectivity index (χ1) is 13.1. The number of ether oxygens (including phenoxy) is 1. The molecule has 5 nitrogen and oxygen atoms in total. The SMILES string of the molecule is Cc1ccc(-c2cc(C(=O)NN3CCOCC3)c3ccccc3n2)cc1C. The zero-order valence-electron chi connectivity index (χ0n) is 15.7. The summed E-state index contributed by atoms with van der Waals surface area (Å²) < 4.78 is 5.35. The highest BCUT2D eigenvalue weighted by molar-refractivity contribution is 6.07. The van der Waals surface area contributed by atoms with Crippen molar-refractivity contribution in [1.82, 2.24) is 15.4 Å². The van der Waals surface area contributed by atoms with Gasteiger partial charge >= 0.3 is 0 Å². The predicted molar refractivity (Wildman–Crippen MR) is 107 cm³/mol. The van der Waals surface area contributed by atoms with E-state index in [1.807, 2.05) is 35.3 Å². The fraction of sp³-hybridized carbons (Fsp3) is 0.273. The molecule has 4 rings (SSSR count). The molecule has 0 aliphatic carbocycles. The normalized spacial score (nSPS) is 15.0. The van der Waals surface area contributed by atoms with Gasteiger partial charge in [0.1, 0.15) is 0 Å². The fourth-order valence-electron chi connectivity index (χ4n) is 3.29. The van der Waals surface area contributed by atoms with Crippen LogP contribution < -0.4 is 5.43 Å². The van der Waals surface area contributed by atoms with Crippen molar-refractivity contribution in [3.8, 4) is 11.3 Å². The van der Waals surface area contributed by atoms with Gasteiger partial charge in [0.2, 0.25) is 0 Å². The summed E-state index contributed by atoms with van der Waals surface area (Å²) >= 11 is 0. The number of benzene rings is 2. The lowest BCUT2D eigenvalue weighted by Crippen LogP contribution is -2.48. The molecule has 1 fully saturated rings. The lowest BCUT2D eigenvalue weighted by atomic mass is 10.0. The maximum Gasteiger partial charge on any atom is 0.266 e. The molecule has 2 heterocycles. The quantitative estimate of drug-likeness (QED) is 0.776. The highest BCUT2D eigenvalue weighted by atomic mass is 16.5. The lowest BCUT2D eigenvalue weighted by molar-refractivity contribution is 0.0127. The molecule has 0 spiro atoms. The summed E-state index contributed by atoms with van der Waals surface area (Å²) in [5.41, 5.74) is 8.75. The molecule has 1 aromatic heterocycles. The van der Waals surface area contributed by atoms with Gasteiger partial charge in [-0.05, 0) is 43.2 Å². The van der Waals surface area contributed by atoms with Gasteiger partial charge in [0.25, 0.3) is 5.91 Å². The third-order valence-corrected chi connectivity index (χ3v) is 5.03. The minimum Gasteiger partial charge on any atom is -0.379 e. The number of fused-ring (bicyclic) bond motifs is 1. The molecule has 0 unspecified atom stereocenters. The standard InChI is InChI=1S/C22H23N3O2/c1-15-7-8-17(13-16(15)2)21-14-19(18-5-3-4-6-20(18)23-21)22(26)24-25-9-11-27-12-10-25/h3-8,13-14H,9-12H2,1-2H3,(H,24,26). The molecular weight excluding hydrogens is 338 g/mol. The Morgan fingerprint density at radius 3 is 2.59 bits per heavy atom. The number of morpholine rings is 1. The molecule has 2 aromatic carbocycles. The third kappa shape index (κ3) is 3.70. The summed E-state index contributed by atoms with van der Waals surface area (Å²) in [7, 11) is 0. The van der Waals surface area contributed by atoms with E-state index in [1.165, 1.54) is 11.1 Å². The van der Waals surface area contributed by atoms with E-state index >= 15 is 0 Å². The second kappa shape index (κ2) is 7.47. The summed E-state index contributed by atoms with van der Waals surface area (Å²) in [6, 6.07) is 15.9. The van der Waals surface area contributed by atoms with Crippen molar-refractivity contribution in [1.29, 1.82) is 0 Å². The van der Waals surface area contributed by atoms with Crippen LogP contribution in [-0.4, -0.2) is 42.2 Å². The van der Waals surface area contributed by atoms with Gasteiger partial charge in [0.05, 0.1) is 30.0 Å². The first kappa shape index (κ1) is 17.6. The third-order valence-electron chi connectivity index (χ3n) is 5.03. The molecule has 0 bridgehead atoms. The summed E-state index contributed by atoms with van der Waals surface area (Å²) in [6.45, 7) is 6.83. The average Bonchev–Trinajstić information content (AvgIpc) is 2.70. The lowest BCUT2D eigenvalue weighted by Gasteiger charge is -2.27. The minimum absolute atomic E-state index is 0.111. The monoisotopic (exact) mass is 361 g/mol. The number of aryl methyl sites for hydroxylation is 2. The largest absolute Gasteiger partial charge is 0.379 e. The van der Waals surface area contributed by atoms with Gasteiger partial charge in [-0.2, -0.15) is 0 Å². The molecule has 5 heteroatoms. The molecule has 0 atom stereocenters. The molecule has 3 aromatic rings. The smallest absolute Gasteiger partial charge is 0.266 e. The topological polar surface area (TPSA) is 54.5 Å². The van der Waals surface area contributed by atoms with E-state index in [0.717, 1.165) is 22.2 Å². The van der Waals surface area contributed by atoms with Crippen molar-refractivity contribution in [3.05, 3.63) is 65.2 Å². The number of aromatic nitrogens is 1. The molecule has 1 aliphatic rings. The molecular formula is C22H23N3O2. The van der Waals surface area contributed by atoms with Crippen molar-refractivity contribution < 1.29 is 9.53 Å². The molecule has 1 amide bonds. The van der Waals surface area contributed by atoms with Crippen LogP contribution in [0.1, 0.15) is 21.5 Å². The van der Waals surface area contributed by atoms with Gasteiger partial charge in [-0.3, -0.25) is 10.2 Å². The number of carbonyl (C=O) groups is 1. The van der Waals surface area contributed by atoms with Crippen LogP contribution in [0.5, 0.6) is 0 Å². The van der Waals surface area contributed by atoms with Crippen LogP contribution in [0.3, 0.4) is 0 Å².